The van der Waals surface area contributed by atoms with Crippen molar-refractivity contribution in [2.24, 2.45) is 0 Å². The number of furan rings is 4. The van der Waals surface area contributed by atoms with Gasteiger partial charge in [-0.15, -0.1) is 0 Å². The predicted octanol–water partition coefficient (Wildman–Crippen LogP) is 21.0. The number of carboxylic acids is 1. The fourth-order valence-corrected chi connectivity index (χ4v) is 19.5. The number of hydrogen-bond donors (Lipinski definition) is 6. The summed E-state index contributed by atoms with van der Waals surface area (Å²) in [6.07, 6.45) is 27.9. The van der Waals surface area contributed by atoms with Crippen LogP contribution in [-0.4, -0.2) is 175 Å². The molecule has 4 fully saturated rings. The minimum Gasteiger partial charge on any atom is -0.507 e. The van der Waals surface area contributed by atoms with Crippen molar-refractivity contribution in [2.45, 2.75) is 103 Å². The van der Waals surface area contributed by atoms with Gasteiger partial charge in [-0.1, -0.05) is 43.0 Å². The van der Waals surface area contributed by atoms with Gasteiger partial charge in [0.15, 0.2) is 17.5 Å². The van der Waals surface area contributed by atoms with Crippen molar-refractivity contribution in [1.82, 2.24) is 44.9 Å². The summed E-state index contributed by atoms with van der Waals surface area (Å²) in [5, 5.41) is 62.6. The van der Waals surface area contributed by atoms with Crippen LogP contribution in [0.25, 0.3) is 87.0 Å². The Hall–Kier alpha value is -13.6. The van der Waals surface area contributed by atoms with Gasteiger partial charge in [0.1, 0.15) is 104 Å². The summed E-state index contributed by atoms with van der Waals surface area (Å²) in [5.41, 5.74) is 7.14. The number of phenolic OH excluding ortho intramolecular Hbond substituents is 4. The van der Waals surface area contributed by atoms with Crippen molar-refractivity contribution < 1.29 is 98.5 Å². The van der Waals surface area contributed by atoms with Gasteiger partial charge in [0.2, 0.25) is 0 Å². The Bertz CT molecular complexity index is 6810. The molecule has 8 aromatic heterocycles. The Kier molecular flexibility index (Phi) is 26.8. The van der Waals surface area contributed by atoms with E-state index in [0.717, 1.165) is 145 Å². The van der Waals surface area contributed by atoms with Crippen LogP contribution < -0.4 is 5.32 Å². The third-order valence-electron chi connectivity index (χ3n) is 25.3. The molecule has 0 aliphatic carbocycles. The molecule has 8 aromatic carbocycles. The number of piperazine rings is 1. The normalized spacial score (nSPS) is 15.7. The number of likely N-dealkylation sites (tertiary alicyclic amines) is 3. The van der Waals surface area contributed by atoms with Crippen molar-refractivity contribution >= 4 is 122 Å². The largest absolute Gasteiger partial charge is 0.507 e. The van der Waals surface area contributed by atoms with Crippen molar-refractivity contribution in [3.63, 3.8) is 0 Å². The lowest BCUT2D eigenvalue weighted by atomic mass is 9.88. The molecule has 31 heteroatoms. The second kappa shape index (κ2) is 39.2. The average Bonchev–Trinajstić information content (AvgIpc) is 1.50. The highest BCUT2D eigenvalue weighted by Crippen LogP contribution is 2.54. The molecular formula is C101H93ClF5N9O16. The van der Waals surface area contributed by atoms with E-state index in [1.165, 1.54) is 56.4 Å². The number of pyridine rings is 4. The summed E-state index contributed by atoms with van der Waals surface area (Å²) in [5.74, 6) is -7.58. The Morgan fingerprint density at radius 2 is 0.742 bits per heavy atom. The molecule has 0 saturated carbocycles. The zero-order valence-electron chi connectivity index (χ0n) is 72.5. The van der Waals surface area contributed by atoms with Crippen LogP contribution >= 0.6 is 11.6 Å². The van der Waals surface area contributed by atoms with Crippen LogP contribution in [0.5, 0.6) is 23.0 Å². The number of carbonyl (C=O) groups excluding carboxylic acids is 3. The van der Waals surface area contributed by atoms with Crippen LogP contribution in [0.1, 0.15) is 187 Å². The van der Waals surface area contributed by atoms with E-state index < -0.39 is 71.1 Å². The minimum atomic E-state index is -1.16. The van der Waals surface area contributed by atoms with E-state index >= 15 is 4.39 Å². The highest BCUT2D eigenvalue weighted by Gasteiger charge is 2.40. The van der Waals surface area contributed by atoms with Gasteiger partial charge in [-0.2, -0.15) is 0 Å². The molecule has 0 radical (unpaired) electrons. The van der Waals surface area contributed by atoms with Gasteiger partial charge < -0.3 is 62.7 Å². The number of nitrogens with one attached hydrogen (secondary N) is 1. The second-order valence-electron chi connectivity index (χ2n) is 32.9. The van der Waals surface area contributed by atoms with E-state index in [-0.39, 0.29) is 102 Å². The molecule has 0 bridgehead atoms. The average molecular weight is 1820 g/mol. The number of nitrogens with zero attached hydrogens (tertiary/aromatic N) is 8. The van der Waals surface area contributed by atoms with Gasteiger partial charge in [0.05, 0.1) is 60.3 Å². The van der Waals surface area contributed by atoms with Crippen LogP contribution in [-0.2, 0) is 14.2 Å². The summed E-state index contributed by atoms with van der Waals surface area (Å²) in [6.45, 7) is 13.1. The van der Waals surface area contributed by atoms with Crippen molar-refractivity contribution in [3.05, 3.63) is 284 Å². The topological polar surface area (TPSA) is 326 Å². The number of carbonyl (C=O) groups is 4. The lowest BCUT2D eigenvalue weighted by Gasteiger charge is -2.36. The molecule has 16 aromatic rings. The Balaban J connectivity index is 0.000000123. The second-order valence-corrected chi connectivity index (χ2v) is 33.3. The Morgan fingerprint density at radius 1 is 0.402 bits per heavy atom. The Morgan fingerprint density at radius 3 is 1.14 bits per heavy atom. The monoisotopic (exact) mass is 1820 g/mol. The standard InChI is InChI=1S/C27H27FN2O4.C25H22ClFN2O4.C25H23F2N3O4.C24H21FN2O4/c1-3-33-27(32)20-15-34-26-19-14-21(28)16(2)13-18(19)25(31)23(22(20)26)24(17-7-9-29-10-8-17)30-11-5-4-6-12-30;1-32-25(31)16-13-33-24-15-5-6-17(26)21(27)19(15)23(30)20(18(16)24)22(14-7-9-28-10-8-14)29-11-3-2-4-12-29;1-2-33-25(32)17-13-34-24-16-12-19(27)18(26)11-15(16)23(31)21(20(17)24)22(14-3-5-28-6-4-14)30-9-7-29-8-10-30;25-17-6-4-5-15-18(17)22(28)20(19-16(24(29)30)13-31-23(15)19)21(14-7-9-26-10-8-14)27-11-2-1-3-12-27/h7-10,13-15,24,31H,3-6,11-12H2,1-2H3;5-10,13,22,30H,2-4,11-12H2,1H3;3-6,11-13,22,29,31H,2,7-10H2,1H3;4-10,13,21,28H,1-3,11-12H2,(H,29,30). The smallest absolute Gasteiger partial charge is 0.342 e. The van der Waals surface area contributed by atoms with Crippen LogP contribution in [0.15, 0.2) is 195 Å². The van der Waals surface area contributed by atoms with Crippen molar-refractivity contribution in [2.75, 3.05) is 85.8 Å². The zero-order valence-corrected chi connectivity index (χ0v) is 73.2. The number of rotatable bonds is 18. The molecule has 0 amide bonds. The lowest BCUT2D eigenvalue weighted by molar-refractivity contribution is 0.0517. The maximum absolute atomic E-state index is 15.3. The fourth-order valence-electron chi connectivity index (χ4n) is 19.3. The van der Waals surface area contributed by atoms with E-state index in [2.05, 4.69) is 44.9 Å². The van der Waals surface area contributed by atoms with Crippen molar-refractivity contribution in [1.29, 1.82) is 0 Å². The fraction of sp³-hybridized carbons (Fsp3) is 0.287. The number of halogens is 6. The molecule has 4 unspecified atom stereocenters. The zero-order chi connectivity index (χ0) is 92.3. The van der Waals surface area contributed by atoms with E-state index in [4.69, 9.17) is 43.5 Å². The highest BCUT2D eigenvalue weighted by molar-refractivity contribution is 6.32. The van der Waals surface area contributed by atoms with Gasteiger partial charge in [0.25, 0.3) is 0 Å². The molecule has 4 aliphatic heterocycles. The SMILES string of the molecule is CCOC(=O)c1coc2c1c(C(c1ccncc1)N1CCCCC1)c(O)c1cc(C)c(F)cc12.CCOC(=O)c1coc2c1c(C(c1ccncc1)N1CCNCC1)c(O)c1cc(F)c(F)cc12.COC(=O)c1coc2c1c(C(c1ccncc1)N1CCCCC1)c(O)c1c(F)c(Cl)ccc12.O=C(O)c1coc2c1c(C(c1ccncc1)N1CCCCC1)c(O)c1c(F)cccc12. The molecule has 6 N–H and O–H groups in total. The van der Waals surface area contributed by atoms with Crippen LogP contribution in [0.3, 0.4) is 0 Å². The van der Waals surface area contributed by atoms with Gasteiger partial charge in [0, 0.05) is 152 Å². The number of aromatic nitrogens is 4. The van der Waals surface area contributed by atoms with Crippen molar-refractivity contribution in [3.8, 4) is 23.0 Å². The first-order valence-electron chi connectivity index (χ1n) is 43.8. The number of aromatic hydroxyl groups is 4. The number of esters is 3. The molecule has 680 valence electrons. The summed E-state index contributed by atoms with van der Waals surface area (Å²) < 4.78 is 112. The number of benzene rings is 8. The highest BCUT2D eigenvalue weighted by atomic mass is 35.5. The predicted molar refractivity (Wildman–Crippen MR) is 486 cm³/mol. The van der Waals surface area contributed by atoms with E-state index in [9.17, 15) is 62.3 Å². The number of fused-ring (bicyclic) bond motifs is 12. The van der Waals surface area contributed by atoms with Gasteiger partial charge in [-0.25, -0.2) is 41.1 Å². The van der Waals surface area contributed by atoms with E-state index in [0.29, 0.717) is 95.2 Å². The number of piperidine rings is 3. The Labute approximate surface area is 757 Å². The minimum absolute atomic E-state index is 0.0185. The molecule has 25 nitrogen and oxygen atoms in total. The molecule has 12 heterocycles. The number of carboxylic acid groups (broad SMARTS) is 1. The third-order valence-corrected chi connectivity index (χ3v) is 25.6. The molecular weight excluding hydrogens is 1730 g/mol. The lowest BCUT2D eigenvalue weighted by Crippen LogP contribution is -2.45. The number of aryl methyl sites for hydroxylation is 1. The number of phenols is 4. The number of methoxy groups -OCH3 is 1. The first-order chi connectivity index (χ1) is 64.1. The van der Waals surface area contributed by atoms with Gasteiger partial charge >= 0.3 is 23.9 Å². The van der Waals surface area contributed by atoms with Gasteiger partial charge in [-0.05, 0) is 217 Å². The molecule has 4 aliphatic rings. The first-order valence-corrected chi connectivity index (χ1v) is 44.2. The molecule has 4 saturated heterocycles. The summed E-state index contributed by atoms with van der Waals surface area (Å²) >= 11 is 6.08. The summed E-state index contributed by atoms with van der Waals surface area (Å²) in [4.78, 5) is 75.9. The van der Waals surface area contributed by atoms with Gasteiger partial charge in [-0.3, -0.25) is 39.5 Å². The maximum Gasteiger partial charge on any atom is 0.342 e. The summed E-state index contributed by atoms with van der Waals surface area (Å²) in [7, 11) is 1.28. The van der Waals surface area contributed by atoms with E-state index in [1.807, 2.05) is 48.5 Å². The molecule has 4 atom stereocenters. The number of ether oxygens (including phenoxy) is 3. The third kappa shape index (κ3) is 17.1. The van der Waals surface area contributed by atoms with E-state index in [1.54, 1.807) is 88.5 Å². The quantitative estimate of drug-likeness (QED) is 0.0264. The maximum atomic E-state index is 15.3. The van der Waals surface area contributed by atoms with Crippen LogP contribution in [0.4, 0.5) is 22.0 Å². The number of hydrogen-bond acceptors (Lipinski definition) is 24. The summed E-state index contributed by atoms with van der Waals surface area (Å²) in [6, 6.07) is 25.5. The van der Waals surface area contributed by atoms with Crippen LogP contribution in [0, 0.1) is 36.0 Å². The molecule has 132 heavy (non-hydrogen) atoms. The number of aromatic carboxylic acids is 1. The first kappa shape index (κ1) is 90.3. The van der Waals surface area contributed by atoms with Crippen LogP contribution in [0.2, 0.25) is 5.02 Å². The molecule has 0 spiro atoms. The molecule has 20 rings (SSSR count).